The molecule has 2 N–H and O–H groups in total. The summed E-state index contributed by atoms with van der Waals surface area (Å²) in [6.07, 6.45) is 0. The molecule has 26 heavy (non-hydrogen) atoms. The minimum Gasteiger partial charge on any atom is -0.325 e. The fourth-order valence-electron chi connectivity index (χ4n) is 2.27. The monoisotopic (exact) mass is 357 g/mol. The second-order valence-corrected chi connectivity index (χ2v) is 5.91. The van der Waals surface area contributed by atoms with Crippen LogP contribution in [0.2, 0.25) is 0 Å². The Morgan fingerprint density at radius 2 is 1.27 bits per heavy atom. The van der Waals surface area contributed by atoms with Crippen molar-refractivity contribution in [2.75, 3.05) is 30.8 Å². The van der Waals surface area contributed by atoms with Gasteiger partial charge < -0.3 is 10.6 Å². The third-order valence-electron chi connectivity index (χ3n) is 3.53. The highest BCUT2D eigenvalue weighted by Crippen LogP contribution is 2.10. The lowest BCUT2D eigenvalue weighted by atomic mass is 10.1. The third-order valence-corrected chi connectivity index (χ3v) is 3.53. The van der Waals surface area contributed by atoms with Crippen LogP contribution in [0.1, 0.15) is 17.3 Å². The first-order valence-corrected chi connectivity index (χ1v) is 7.98. The molecule has 0 heterocycles. The number of carbonyl (C=O) groups excluding carboxylic acids is 3. The maximum Gasteiger partial charge on any atom is 0.238 e. The van der Waals surface area contributed by atoms with Crippen molar-refractivity contribution in [3.63, 3.8) is 0 Å². The Kier molecular flexibility index (Phi) is 6.57. The molecule has 0 saturated heterocycles. The lowest BCUT2D eigenvalue weighted by Crippen LogP contribution is -2.36. The SMILES string of the molecule is CC(=O)c1ccc(NC(=O)CN(C)CC(=O)Nc2ccc(F)cc2)cc1. The van der Waals surface area contributed by atoms with E-state index >= 15 is 0 Å². The van der Waals surface area contributed by atoms with Gasteiger partial charge in [-0.05, 0) is 62.5 Å². The van der Waals surface area contributed by atoms with E-state index in [-0.39, 0.29) is 36.5 Å². The Balaban J connectivity index is 1.79. The molecule has 6 nitrogen and oxygen atoms in total. The number of carbonyl (C=O) groups is 3. The van der Waals surface area contributed by atoms with Crippen molar-refractivity contribution in [3.05, 3.63) is 59.9 Å². The average Bonchev–Trinajstić information content (AvgIpc) is 2.57. The number of hydrogen-bond acceptors (Lipinski definition) is 4. The van der Waals surface area contributed by atoms with Crippen LogP contribution in [0.4, 0.5) is 15.8 Å². The van der Waals surface area contributed by atoms with Crippen LogP contribution >= 0.6 is 0 Å². The first kappa shape index (κ1) is 19.3. The molecule has 0 aliphatic rings. The lowest BCUT2D eigenvalue weighted by Gasteiger charge is -2.16. The van der Waals surface area contributed by atoms with Crippen molar-refractivity contribution in [2.24, 2.45) is 0 Å². The Morgan fingerprint density at radius 3 is 1.69 bits per heavy atom. The molecule has 0 radical (unpaired) electrons. The number of halogens is 1. The summed E-state index contributed by atoms with van der Waals surface area (Å²) in [6.45, 7) is 1.50. The molecule has 0 aromatic heterocycles. The summed E-state index contributed by atoms with van der Waals surface area (Å²) < 4.78 is 12.8. The highest BCUT2D eigenvalue weighted by Gasteiger charge is 2.11. The quantitative estimate of drug-likeness (QED) is 0.747. The van der Waals surface area contributed by atoms with E-state index in [1.54, 1.807) is 36.2 Å². The largest absolute Gasteiger partial charge is 0.325 e. The molecule has 0 aliphatic carbocycles. The summed E-state index contributed by atoms with van der Waals surface area (Å²) >= 11 is 0. The zero-order valence-electron chi connectivity index (χ0n) is 14.6. The van der Waals surface area contributed by atoms with E-state index in [1.807, 2.05) is 0 Å². The van der Waals surface area contributed by atoms with Gasteiger partial charge >= 0.3 is 0 Å². The van der Waals surface area contributed by atoms with Crippen LogP contribution < -0.4 is 10.6 Å². The lowest BCUT2D eigenvalue weighted by molar-refractivity contribution is -0.119. The van der Waals surface area contributed by atoms with Crippen molar-refractivity contribution in [1.29, 1.82) is 0 Å². The topological polar surface area (TPSA) is 78.5 Å². The molecular formula is C19H20FN3O3. The van der Waals surface area contributed by atoms with E-state index in [1.165, 1.54) is 31.2 Å². The minimum atomic E-state index is -0.381. The number of amides is 2. The zero-order chi connectivity index (χ0) is 19.1. The average molecular weight is 357 g/mol. The van der Waals surface area contributed by atoms with Crippen molar-refractivity contribution in [2.45, 2.75) is 6.92 Å². The highest BCUT2D eigenvalue weighted by atomic mass is 19.1. The van der Waals surface area contributed by atoms with Gasteiger partial charge in [-0.25, -0.2) is 4.39 Å². The number of nitrogens with zero attached hydrogens (tertiary/aromatic N) is 1. The van der Waals surface area contributed by atoms with Crippen LogP contribution in [0.3, 0.4) is 0 Å². The fraction of sp³-hybridized carbons (Fsp3) is 0.211. The van der Waals surface area contributed by atoms with E-state index in [4.69, 9.17) is 0 Å². The van der Waals surface area contributed by atoms with Crippen LogP contribution in [-0.4, -0.2) is 42.6 Å². The summed E-state index contributed by atoms with van der Waals surface area (Å²) in [7, 11) is 1.64. The van der Waals surface area contributed by atoms with Crippen LogP contribution in [0.25, 0.3) is 0 Å². The van der Waals surface area contributed by atoms with Crippen LogP contribution in [0, 0.1) is 5.82 Å². The number of benzene rings is 2. The summed E-state index contributed by atoms with van der Waals surface area (Å²) in [5, 5.41) is 5.33. The molecule has 0 fully saturated rings. The first-order chi connectivity index (χ1) is 12.3. The van der Waals surface area contributed by atoms with Gasteiger partial charge in [-0.2, -0.15) is 0 Å². The standard InChI is InChI=1S/C19H20FN3O3/c1-13(24)14-3-7-16(8-4-14)21-18(25)11-23(2)12-19(26)22-17-9-5-15(20)6-10-17/h3-10H,11-12H2,1-2H3,(H,21,25)(H,22,26). The highest BCUT2D eigenvalue weighted by molar-refractivity contribution is 5.96. The van der Waals surface area contributed by atoms with Gasteiger partial charge in [0.25, 0.3) is 0 Å². The van der Waals surface area contributed by atoms with Gasteiger partial charge in [0.05, 0.1) is 13.1 Å². The van der Waals surface area contributed by atoms with Gasteiger partial charge in [0, 0.05) is 16.9 Å². The molecule has 7 heteroatoms. The first-order valence-electron chi connectivity index (χ1n) is 7.98. The molecule has 0 unspecified atom stereocenters. The Labute approximate surface area is 151 Å². The Bertz CT molecular complexity index is 789. The van der Waals surface area contributed by atoms with Crippen molar-refractivity contribution in [3.8, 4) is 0 Å². The van der Waals surface area contributed by atoms with Crippen LogP contribution in [0.15, 0.2) is 48.5 Å². The molecule has 2 rings (SSSR count). The molecule has 0 spiro atoms. The van der Waals surface area contributed by atoms with Crippen molar-refractivity contribution >= 4 is 29.0 Å². The van der Waals surface area contributed by atoms with E-state index < -0.39 is 0 Å². The molecule has 2 aromatic rings. The second-order valence-electron chi connectivity index (χ2n) is 5.91. The van der Waals surface area contributed by atoms with E-state index in [2.05, 4.69) is 10.6 Å². The third kappa shape index (κ3) is 6.10. The molecule has 0 atom stereocenters. The summed E-state index contributed by atoms with van der Waals surface area (Å²) in [6, 6.07) is 12.0. The molecule has 0 aliphatic heterocycles. The van der Waals surface area contributed by atoms with Gasteiger partial charge in [-0.1, -0.05) is 0 Å². The van der Waals surface area contributed by atoms with E-state index in [9.17, 15) is 18.8 Å². The zero-order valence-corrected chi connectivity index (χ0v) is 14.6. The van der Waals surface area contributed by atoms with Gasteiger partial charge in [0.15, 0.2) is 5.78 Å². The molecule has 2 aromatic carbocycles. The molecule has 0 bridgehead atoms. The van der Waals surface area contributed by atoms with Crippen molar-refractivity contribution in [1.82, 2.24) is 4.90 Å². The normalized spacial score (nSPS) is 10.5. The van der Waals surface area contributed by atoms with E-state index in [0.717, 1.165) is 0 Å². The van der Waals surface area contributed by atoms with Gasteiger partial charge in [0.2, 0.25) is 11.8 Å². The van der Waals surface area contributed by atoms with Crippen LogP contribution in [0.5, 0.6) is 0 Å². The van der Waals surface area contributed by atoms with Crippen molar-refractivity contribution < 1.29 is 18.8 Å². The molecular weight excluding hydrogens is 337 g/mol. The van der Waals surface area contributed by atoms with Gasteiger partial charge in [-0.15, -0.1) is 0 Å². The fourth-order valence-corrected chi connectivity index (χ4v) is 2.27. The number of ketones is 1. The Morgan fingerprint density at radius 1 is 0.846 bits per heavy atom. The maximum atomic E-state index is 12.8. The number of likely N-dealkylation sites (N-methyl/N-ethyl adjacent to an activating group) is 1. The smallest absolute Gasteiger partial charge is 0.238 e. The number of Topliss-reactive ketones (excluding diaryl/α,β-unsaturated/α-hetero) is 1. The number of hydrogen-bond donors (Lipinski definition) is 2. The predicted octanol–water partition coefficient (Wildman–Crippen LogP) is 2.54. The number of nitrogens with one attached hydrogen (secondary N) is 2. The maximum absolute atomic E-state index is 12.8. The predicted molar refractivity (Wildman–Crippen MR) is 97.6 cm³/mol. The van der Waals surface area contributed by atoms with E-state index in [0.29, 0.717) is 16.9 Å². The van der Waals surface area contributed by atoms with Gasteiger partial charge in [0.1, 0.15) is 5.82 Å². The van der Waals surface area contributed by atoms with Gasteiger partial charge in [-0.3, -0.25) is 19.3 Å². The number of anilines is 2. The molecule has 136 valence electrons. The number of rotatable bonds is 7. The minimum absolute atomic E-state index is 0.00801. The molecule has 0 saturated carbocycles. The second kappa shape index (κ2) is 8.87. The van der Waals surface area contributed by atoms with Crippen LogP contribution in [-0.2, 0) is 9.59 Å². The summed E-state index contributed by atoms with van der Waals surface area (Å²) in [5.41, 5.74) is 1.63. The summed E-state index contributed by atoms with van der Waals surface area (Å²) in [4.78, 5) is 36.7. The molecule has 2 amide bonds. The Hall–Kier alpha value is -3.06. The summed E-state index contributed by atoms with van der Waals surface area (Å²) in [5.74, 6) is -1.02.